The van der Waals surface area contributed by atoms with Crippen LogP contribution in [0.1, 0.15) is 0 Å². The Balaban J connectivity index is 1.26. The standard InChI is InChI=1S/C36H20O3/c1-3-13-31-25(7-1)27-11-5-9-23(35(27)38-31)21-15-17-33-29(19-21)30-20-22(16-18-34(30)37-33)24-10-6-12-28-26-8-2-4-14-32(26)39-36(24)28/h1-20H. The van der Waals surface area contributed by atoms with Gasteiger partial charge in [-0.15, -0.1) is 0 Å². The van der Waals surface area contributed by atoms with Gasteiger partial charge in [-0.3, -0.25) is 0 Å². The third-order valence-corrected chi connectivity index (χ3v) is 7.90. The quantitative estimate of drug-likeness (QED) is 0.237. The molecule has 3 nitrogen and oxygen atoms in total. The van der Waals surface area contributed by atoms with Crippen molar-refractivity contribution < 1.29 is 13.3 Å². The summed E-state index contributed by atoms with van der Waals surface area (Å²) < 4.78 is 18.9. The Morgan fingerprint density at radius 2 is 0.744 bits per heavy atom. The van der Waals surface area contributed by atoms with Crippen molar-refractivity contribution in [3.63, 3.8) is 0 Å². The normalized spacial score (nSPS) is 12.1. The molecule has 0 radical (unpaired) electrons. The van der Waals surface area contributed by atoms with Crippen LogP contribution in [0.5, 0.6) is 0 Å². The van der Waals surface area contributed by atoms with Gasteiger partial charge in [0.15, 0.2) is 0 Å². The van der Waals surface area contributed by atoms with Crippen molar-refractivity contribution in [2.24, 2.45) is 0 Å². The number of rotatable bonds is 2. The minimum Gasteiger partial charge on any atom is -0.456 e. The molecule has 39 heavy (non-hydrogen) atoms. The summed E-state index contributed by atoms with van der Waals surface area (Å²) in [4.78, 5) is 0. The van der Waals surface area contributed by atoms with Crippen LogP contribution in [0.25, 0.3) is 88.1 Å². The Bertz CT molecular complexity index is 2230. The van der Waals surface area contributed by atoms with E-state index in [1.807, 2.05) is 24.3 Å². The van der Waals surface area contributed by atoms with Crippen LogP contribution < -0.4 is 0 Å². The van der Waals surface area contributed by atoms with Gasteiger partial charge in [-0.05, 0) is 47.5 Å². The molecule has 3 heteroatoms. The summed E-state index contributed by atoms with van der Waals surface area (Å²) in [7, 11) is 0. The van der Waals surface area contributed by atoms with Crippen LogP contribution in [0.4, 0.5) is 0 Å². The molecule has 0 aliphatic rings. The summed E-state index contributed by atoms with van der Waals surface area (Å²) in [6, 6.07) is 41.9. The van der Waals surface area contributed by atoms with E-state index < -0.39 is 0 Å². The van der Waals surface area contributed by atoms with Crippen molar-refractivity contribution in [3.05, 3.63) is 121 Å². The minimum absolute atomic E-state index is 0.865. The van der Waals surface area contributed by atoms with Crippen LogP contribution in [-0.4, -0.2) is 0 Å². The van der Waals surface area contributed by atoms with Crippen molar-refractivity contribution in [2.45, 2.75) is 0 Å². The van der Waals surface area contributed by atoms with Crippen molar-refractivity contribution in [1.29, 1.82) is 0 Å². The second kappa shape index (κ2) is 7.62. The Morgan fingerprint density at radius 1 is 0.308 bits per heavy atom. The lowest BCUT2D eigenvalue weighted by Gasteiger charge is -2.04. The highest BCUT2D eigenvalue weighted by molar-refractivity contribution is 6.13. The molecule has 0 saturated carbocycles. The molecule has 9 rings (SSSR count). The Labute approximate surface area is 222 Å². The first-order valence-corrected chi connectivity index (χ1v) is 13.1. The van der Waals surface area contributed by atoms with Crippen LogP contribution in [0.2, 0.25) is 0 Å². The van der Waals surface area contributed by atoms with E-state index in [2.05, 4.69) is 97.1 Å². The maximum atomic E-state index is 6.33. The first-order chi connectivity index (χ1) is 19.3. The Morgan fingerprint density at radius 3 is 1.26 bits per heavy atom. The van der Waals surface area contributed by atoms with Crippen LogP contribution in [0.15, 0.2) is 135 Å². The average Bonchev–Trinajstić information content (AvgIpc) is 3.67. The number of para-hydroxylation sites is 4. The van der Waals surface area contributed by atoms with Gasteiger partial charge < -0.3 is 13.3 Å². The molecule has 0 N–H and O–H groups in total. The molecular formula is C36H20O3. The van der Waals surface area contributed by atoms with Gasteiger partial charge in [0.2, 0.25) is 0 Å². The van der Waals surface area contributed by atoms with Crippen LogP contribution in [-0.2, 0) is 0 Å². The molecule has 0 fully saturated rings. The SMILES string of the molecule is c1ccc2c(c1)oc1c(-c3ccc4oc5ccc(-c6cccc7c6oc6ccccc67)cc5c4c3)cccc12. The number of hydrogen-bond donors (Lipinski definition) is 0. The first-order valence-electron chi connectivity index (χ1n) is 13.1. The molecular weight excluding hydrogens is 480 g/mol. The predicted molar refractivity (Wildman–Crippen MR) is 159 cm³/mol. The smallest absolute Gasteiger partial charge is 0.143 e. The van der Waals surface area contributed by atoms with Gasteiger partial charge in [0.05, 0.1) is 0 Å². The Hall–Kier alpha value is -5.28. The summed E-state index contributed by atoms with van der Waals surface area (Å²) in [5.41, 5.74) is 9.68. The maximum Gasteiger partial charge on any atom is 0.143 e. The lowest BCUT2D eigenvalue weighted by atomic mass is 9.98. The van der Waals surface area contributed by atoms with Gasteiger partial charge in [0.25, 0.3) is 0 Å². The van der Waals surface area contributed by atoms with Gasteiger partial charge in [-0.2, -0.15) is 0 Å². The number of benzene rings is 6. The molecule has 0 bridgehead atoms. The molecule has 0 aliphatic carbocycles. The average molecular weight is 501 g/mol. The van der Waals surface area contributed by atoms with Crippen LogP contribution in [0, 0.1) is 0 Å². The second-order valence-corrected chi connectivity index (χ2v) is 10.1. The lowest BCUT2D eigenvalue weighted by Crippen LogP contribution is -1.80. The van der Waals surface area contributed by atoms with E-state index in [1.165, 1.54) is 0 Å². The van der Waals surface area contributed by atoms with E-state index in [1.54, 1.807) is 0 Å². The summed E-state index contributed by atoms with van der Waals surface area (Å²) in [6.45, 7) is 0. The fraction of sp³-hybridized carbons (Fsp3) is 0. The summed E-state index contributed by atoms with van der Waals surface area (Å²) >= 11 is 0. The molecule has 0 aliphatic heterocycles. The monoisotopic (exact) mass is 500 g/mol. The summed E-state index contributed by atoms with van der Waals surface area (Å²) in [6.07, 6.45) is 0. The van der Waals surface area contributed by atoms with Gasteiger partial charge in [0, 0.05) is 43.4 Å². The van der Waals surface area contributed by atoms with E-state index in [9.17, 15) is 0 Å². The van der Waals surface area contributed by atoms with Crippen LogP contribution >= 0.6 is 0 Å². The second-order valence-electron chi connectivity index (χ2n) is 10.1. The first kappa shape index (κ1) is 20.7. The van der Waals surface area contributed by atoms with Crippen molar-refractivity contribution in [2.75, 3.05) is 0 Å². The maximum absolute atomic E-state index is 6.33. The van der Waals surface area contributed by atoms with E-state index in [-0.39, 0.29) is 0 Å². The highest BCUT2D eigenvalue weighted by Crippen LogP contribution is 2.41. The van der Waals surface area contributed by atoms with Crippen molar-refractivity contribution >= 4 is 65.8 Å². The minimum atomic E-state index is 0.865. The molecule has 3 heterocycles. The fourth-order valence-corrected chi connectivity index (χ4v) is 6.06. The molecule has 182 valence electrons. The van der Waals surface area contributed by atoms with Crippen LogP contribution in [0.3, 0.4) is 0 Å². The van der Waals surface area contributed by atoms with Crippen molar-refractivity contribution in [1.82, 2.24) is 0 Å². The summed E-state index contributed by atoms with van der Waals surface area (Å²) in [5, 5.41) is 6.67. The zero-order chi connectivity index (χ0) is 25.5. The molecule has 0 amide bonds. The van der Waals surface area contributed by atoms with Gasteiger partial charge in [-0.25, -0.2) is 0 Å². The van der Waals surface area contributed by atoms with E-state index >= 15 is 0 Å². The largest absolute Gasteiger partial charge is 0.456 e. The fourth-order valence-electron chi connectivity index (χ4n) is 6.06. The topological polar surface area (TPSA) is 39.4 Å². The molecule has 9 aromatic rings. The molecule has 3 aromatic heterocycles. The number of fused-ring (bicyclic) bond motifs is 9. The lowest BCUT2D eigenvalue weighted by molar-refractivity contribution is 0.668. The van der Waals surface area contributed by atoms with Crippen molar-refractivity contribution in [3.8, 4) is 22.3 Å². The van der Waals surface area contributed by atoms with E-state index in [0.717, 1.165) is 88.1 Å². The molecule has 0 atom stereocenters. The number of hydrogen-bond acceptors (Lipinski definition) is 3. The molecule has 0 spiro atoms. The highest BCUT2D eigenvalue weighted by Gasteiger charge is 2.16. The third-order valence-electron chi connectivity index (χ3n) is 7.90. The zero-order valence-electron chi connectivity index (χ0n) is 20.8. The summed E-state index contributed by atoms with van der Waals surface area (Å²) in [5.74, 6) is 0. The number of furan rings is 3. The Kier molecular flexibility index (Phi) is 4.05. The van der Waals surface area contributed by atoms with Gasteiger partial charge in [0.1, 0.15) is 33.5 Å². The van der Waals surface area contributed by atoms with Gasteiger partial charge >= 0.3 is 0 Å². The molecule has 0 saturated heterocycles. The molecule has 0 unspecified atom stereocenters. The zero-order valence-corrected chi connectivity index (χ0v) is 20.8. The van der Waals surface area contributed by atoms with E-state index in [4.69, 9.17) is 13.3 Å². The molecule has 6 aromatic carbocycles. The van der Waals surface area contributed by atoms with Gasteiger partial charge in [-0.1, -0.05) is 84.9 Å². The predicted octanol–water partition coefficient (Wildman–Crippen LogP) is 10.7. The highest BCUT2D eigenvalue weighted by atomic mass is 16.3. The third kappa shape index (κ3) is 2.93. The van der Waals surface area contributed by atoms with E-state index in [0.29, 0.717) is 0 Å².